The van der Waals surface area contributed by atoms with Gasteiger partial charge >= 0.3 is 0 Å². The highest BCUT2D eigenvalue weighted by Crippen LogP contribution is 2.31. The molecule has 5 heteroatoms. The monoisotopic (exact) mass is 348 g/mol. The van der Waals surface area contributed by atoms with Crippen LogP contribution in [0.3, 0.4) is 0 Å². The molecular formula is C21H20N2O3. The second kappa shape index (κ2) is 8.07. The Labute approximate surface area is 152 Å². The maximum absolute atomic E-state index is 12.6. The number of carbonyl (C=O) groups excluding carboxylic acids is 1. The highest BCUT2D eigenvalue weighted by Gasteiger charge is 2.16. The molecule has 0 heterocycles. The van der Waals surface area contributed by atoms with Crippen molar-refractivity contribution < 1.29 is 14.3 Å². The van der Waals surface area contributed by atoms with Gasteiger partial charge in [0, 0.05) is 17.1 Å². The molecule has 5 nitrogen and oxygen atoms in total. The number of nitrogens with one attached hydrogen (secondary N) is 2. The topological polar surface area (TPSA) is 59.6 Å². The van der Waals surface area contributed by atoms with Gasteiger partial charge in [0.1, 0.15) is 0 Å². The molecule has 0 saturated carbocycles. The maximum atomic E-state index is 12.6. The largest absolute Gasteiger partial charge is 0.493 e. The third kappa shape index (κ3) is 3.95. The minimum atomic E-state index is -0.260. The Kier molecular flexibility index (Phi) is 5.39. The standard InChI is InChI=1S/C21H20N2O3/c1-25-19-10-6-9-18(20(19)26-2)21(24)23-17-13-11-16(12-14-17)22-15-7-4-3-5-8-15/h3-14,22H,1-2H3,(H,23,24). The third-order valence-corrected chi connectivity index (χ3v) is 3.85. The fourth-order valence-electron chi connectivity index (χ4n) is 2.59. The summed E-state index contributed by atoms with van der Waals surface area (Å²) in [4.78, 5) is 12.6. The zero-order valence-electron chi connectivity index (χ0n) is 14.7. The maximum Gasteiger partial charge on any atom is 0.259 e. The predicted molar refractivity (Wildman–Crippen MR) is 104 cm³/mol. The van der Waals surface area contributed by atoms with Crippen molar-refractivity contribution in [3.8, 4) is 11.5 Å². The number of anilines is 3. The number of rotatable bonds is 6. The number of hydrogen-bond acceptors (Lipinski definition) is 4. The average Bonchev–Trinajstić information content (AvgIpc) is 2.69. The van der Waals surface area contributed by atoms with Crippen LogP contribution in [0.25, 0.3) is 0 Å². The molecule has 2 N–H and O–H groups in total. The molecule has 0 radical (unpaired) electrons. The molecule has 0 fully saturated rings. The van der Waals surface area contributed by atoms with Crippen molar-refractivity contribution in [1.29, 1.82) is 0 Å². The lowest BCUT2D eigenvalue weighted by Gasteiger charge is -2.13. The fraction of sp³-hybridized carbons (Fsp3) is 0.0952. The normalized spacial score (nSPS) is 10.1. The van der Waals surface area contributed by atoms with E-state index in [1.165, 1.54) is 14.2 Å². The lowest BCUT2D eigenvalue weighted by Crippen LogP contribution is -2.13. The number of amides is 1. The summed E-state index contributed by atoms with van der Waals surface area (Å²) < 4.78 is 10.6. The van der Waals surface area contributed by atoms with Gasteiger partial charge in [-0.3, -0.25) is 4.79 Å². The number of benzene rings is 3. The van der Waals surface area contributed by atoms with Crippen molar-refractivity contribution in [1.82, 2.24) is 0 Å². The van der Waals surface area contributed by atoms with Gasteiger partial charge in [-0.2, -0.15) is 0 Å². The van der Waals surface area contributed by atoms with Crippen LogP contribution in [-0.4, -0.2) is 20.1 Å². The zero-order chi connectivity index (χ0) is 18.4. The van der Waals surface area contributed by atoms with Crippen LogP contribution in [0.2, 0.25) is 0 Å². The van der Waals surface area contributed by atoms with E-state index in [9.17, 15) is 4.79 Å². The van der Waals surface area contributed by atoms with Crippen LogP contribution in [0.5, 0.6) is 11.5 Å². The highest BCUT2D eigenvalue weighted by atomic mass is 16.5. The molecule has 3 rings (SSSR count). The van der Waals surface area contributed by atoms with Crippen molar-refractivity contribution in [2.75, 3.05) is 24.9 Å². The van der Waals surface area contributed by atoms with Gasteiger partial charge in [-0.1, -0.05) is 24.3 Å². The van der Waals surface area contributed by atoms with Crippen LogP contribution in [0, 0.1) is 0 Å². The first kappa shape index (κ1) is 17.4. The quantitative estimate of drug-likeness (QED) is 0.678. The minimum absolute atomic E-state index is 0.260. The first-order valence-corrected chi connectivity index (χ1v) is 8.15. The molecule has 0 saturated heterocycles. The van der Waals surface area contributed by atoms with Crippen LogP contribution in [-0.2, 0) is 0 Å². The van der Waals surface area contributed by atoms with Crippen LogP contribution in [0.4, 0.5) is 17.1 Å². The number of para-hydroxylation sites is 2. The lowest BCUT2D eigenvalue weighted by molar-refractivity contribution is 0.102. The summed E-state index contributed by atoms with van der Waals surface area (Å²) in [7, 11) is 3.05. The smallest absolute Gasteiger partial charge is 0.259 e. The number of ether oxygens (including phenoxy) is 2. The van der Waals surface area contributed by atoms with E-state index in [4.69, 9.17) is 9.47 Å². The minimum Gasteiger partial charge on any atom is -0.493 e. The van der Waals surface area contributed by atoms with E-state index < -0.39 is 0 Å². The third-order valence-electron chi connectivity index (χ3n) is 3.85. The summed E-state index contributed by atoms with van der Waals surface area (Å²) in [5, 5.41) is 6.17. The van der Waals surface area contributed by atoms with E-state index in [1.807, 2.05) is 54.6 Å². The average molecular weight is 348 g/mol. The van der Waals surface area contributed by atoms with Crippen LogP contribution in [0.1, 0.15) is 10.4 Å². The number of methoxy groups -OCH3 is 2. The van der Waals surface area contributed by atoms with Crippen LogP contribution in [0.15, 0.2) is 72.8 Å². The summed E-state index contributed by atoms with van der Waals surface area (Å²) in [5.74, 6) is 0.668. The zero-order valence-corrected chi connectivity index (χ0v) is 14.7. The van der Waals surface area contributed by atoms with E-state index in [0.29, 0.717) is 22.7 Å². The van der Waals surface area contributed by atoms with Gasteiger partial charge in [0.05, 0.1) is 19.8 Å². The number of hydrogen-bond donors (Lipinski definition) is 2. The molecule has 0 bridgehead atoms. The van der Waals surface area contributed by atoms with E-state index in [1.54, 1.807) is 18.2 Å². The van der Waals surface area contributed by atoms with Crippen LogP contribution < -0.4 is 20.1 Å². The summed E-state index contributed by atoms with van der Waals surface area (Å²) in [6, 6.07) is 22.6. The Balaban J connectivity index is 1.72. The van der Waals surface area contributed by atoms with E-state index >= 15 is 0 Å². The Hall–Kier alpha value is -3.47. The summed E-state index contributed by atoms with van der Waals surface area (Å²) in [6.45, 7) is 0. The molecule has 132 valence electrons. The van der Waals surface area contributed by atoms with Gasteiger partial charge in [0.25, 0.3) is 5.91 Å². The fourth-order valence-corrected chi connectivity index (χ4v) is 2.59. The molecule has 0 atom stereocenters. The van der Waals surface area contributed by atoms with Crippen molar-refractivity contribution in [3.63, 3.8) is 0 Å². The molecule has 0 aliphatic rings. The molecule has 3 aromatic carbocycles. The lowest BCUT2D eigenvalue weighted by atomic mass is 10.1. The second-order valence-electron chi connectivity index (χ2n) is 5.56. The van der Waals surface area contributed by atoms with Crippen molar-refractivity contribution in [3.05, 3.63) is 78.4 Å². The second-order valence-corrected chi connectivity index (χ2v) is 5.56. The van der Waals surface area contributed by atoms with E-state index in [0.717, 1.165) is 11.4 Å². The summed E-state index contributed by atoms with van der Waals surface area (Å²) >= 11 is 0. The molecule has 0 aromatic heterocycles. The van der Waals surface area contributed by atoms with E-state index in [-0.39, 0.29) is 5.91 Å². The highest BCUT2D eigenvalue weighted by molar-refractivity contribution is 6.06. The van der Waals surface area contributed by atoms with Crippen molar-refractivity contribution >= 4 is 23.0 Å². The Bertz CT molecular complexity index is 878. The predicted octanol–water partition coefficient (Wildman–Crippen LogP) is 4.70. The molecule has 0 spiro atoms. The van der Waals surface area contributed by atoms with Gasteiger partial charge in [-0.25, -0.2) is 0 Å². The van der Waals surface area contributed by atoms with Gasteiger partial charge in [-0.15, -0.1) is 0 Å². The summed E-state index contributed by atoms with van der Waals surface area (Å²) in [5.41, 5.74) is 3.05. The molecule has 3 aromatic rings. The van der Waals surface area contributed by atoms with Gasteiger partial charge in [-0.05, 0) is 48.5 Å². The SMILES string of the molecule is COc1cccc(C(=O)Nc2ccc(Nc3ccccc3)cc2)c1OC. The molecule has 26 heavy (non-hydrogen) atoms. The van der Waals surface area contributed by atoms with E-state index in [2.05, 4.69) is 10.6 Å². The Morgan fingerprint density at radius 3 is 2.04 bits per heavy atom. The molecule has 0 unspecified atom stereocenters. The molecule has 0 aliphatic carbocycles. The number of carbonyl (C=O) groups is 1. The van der Waals surface area contributed by atoms with Gasteiger partial charge in [0.2, 0.25) is 0 Å². The molecule has 1 amide bonds. The van der Waals surface area contributed by atoms with Crippen molar-refractivity contribution in [2.24, 2.45) is 0 Å². The Morgan fingerprint density at radius 2 is 1.38 bits per heavy atom. The Morgan fingerprint density at radius 1 is 0.731 bits per heavy atom. The molecule has 0 aliphatic heterocycles. The molecular weight excluding hydrogens is 328 g/mol. The van der Waals surface area contributed by atoms with Crippen LogP contribution >= 0.6 is 0 Å². The van der Waals surface area contributed by atoms with Gasteiger partial charge < -0.3 is 20.1 Å². The van der Waals surface area contributed by atoms with Crippen molar-refractivity contribution in [2.45, 2.75) is 0 Å². The van der Waals surface area contributed by atoms with Gasteiger partial charge in [0.15, 0.2) is 11.5 Å². The first-order chi connectivity index (χ1) is 12.7. The first-order valence-electron chi connectivity index (χ1n) is 8.15. The summed E-state index contributed by atoms with van der Waals surface area (Å²) in [6.07, 6.45) is 0.